The Labute approximate surface area is 139 Å². The molecule has 1 aliphatic rings. The number of hydrogen-bond acceptors (Lipinski definition) is 3. The fraction of sp³-hybridized carbons (Fsp3) is 0.533. The zero-order valence-electron chi connectivity index (χ0n) is 12.7. The van der Waals surface area contributed by atoms with Gasteiger partial charge in [-0.1, -0.05) is 18.2 Å². The molecule has 1 aliphatic heterocycles. The standard InChI is InChI=1S/C15H19F3N2O2.ClH/c1-20(14(21)9-12-6-4-8-19-12)10-11-5-2-3-7-13(11)22-15(16,17)18;/h2-3,5,7,12,19H,4,6,8-10H2,1H3;1H. The topological polar surface area (TPSA) is 41.6 Å². The first kappa shape index (κ1) is 19.6. The van der Waals surface area contributed by atoms with Gasteiger partial charge in [0.1, 0.15) is 5.75 Å². The van der Waals surface area contributed by atoms with Crippen molar-refractivity contribution in [3.8, 4) is 5.75 Å². The number of benzene rings is 1. The fourth-order valence-corrected chi connectivity index (χ4v) is 2.50. The minimum absolute atomic E-state index is 0. The van der Waals surface area contributed by atoms with Crippen molar-refractivity contribution in [2.45, 2.75) is 38.2 Å². The van der Waals surface area contributed by atoms with Gasteiger partial charge in [0.15, 0.2) is 0 Å². The number of ether oxygens (including phenoxy) is 1. The van der Waals surface area contributed by atoms with Gasteiger partial charge in [0, 0.05) is 31.6 Å². The van der Waals surface area contributed by atoms with Crippen LogP contribution in [0, 0.1) is 0 Å². The summed E-state index contributed by atoms with van der Waals surface area (Å²) in [6, 6.07) is 6.03. The van der Waals surface area contributed by atoms with E-state index in [9.17, 15) is 18.0 Å². The molecule has 1 saturated heterocycles. The molecule has 130 valence electrons. The summed E-state index contributed by atoms with van der Waals surface area (Å²) >= 11 is 0. The average Bonchev–Trinajstić information content (AvgIpc) is 2.92. The molecule has 1 amide bonds. The number of halogens is 4. The SMILES string of the molecule is CN(Cc1ccccc1OC(F)(F)F)C(=O)CC1CCCN1.Cl. The Morgan fingerprint density at radius 1 is 1.39 bits per heavy atom. The maximum atomic E-state index is 12.4. The Morgan fingerprint density at radius 2 is 2.09 bits per heavy atom. The summed E-state index contributed by atoms with van der Waals surface area (Å²) in [5.41, 5.74) is 0.329. The lowest BCUT2D eigenvalue weighted by molar-refractivity contribution is -0.275. The highest BCUT2D eigenvalue weighted by molar-refractivity contribution is 5.85. The molecule has 4 nitrogen and oxygen atoms in total. The summed E-state index contributed by atoms with van der Waals surface area (Å²) in [6.07, 6.45) is -2.39. The predicted octanol–water partition coefficient (Wildman–Crippen LogP) is 3.11. The second-order valence-corrected chi connectivity index (χ2v) is 5.40. The van der Waals surface area contributed by atoms with E-state index < -0.39 is 6.36 Å². The van der Waals surface area contributed by atoms with Gasteiger partial charge in [0.25, 0.3) is 0 Å². The number of hydrogen-bond donors (Lipinski definition) is 1. The van der Waals surface area contributed by atoms with E-state index in [-0.39, 0.29) is 36.7 Å². The molecule has 0 saturated carbocycles. The Balaban J connectivity index is 0.00000264. The normalized spacial score (nSPS) is 17.5. The fourth-order valence-electron chi connectivity index (χ4n) is 2.50. The highest BCUT2D eigenvalue weighted by atomic mass is 35.5. The molecule has 2 rings (SSSR count). The van der Waals surface area contributed by atoms with Crippen LogP contribution in [0.2, 0.25) is 0 Å². The second kappa shape index (κ2) is 8.40. The van der Waals surface area contributed by atoms with Gasteiger partial charge in [0.05, 0.1) is 0 Å². The van der Waals surface area contributed by atoms with E-state index in [0.29, 0.717) is 12.0 Å². The van der Waals surface area contributed by atoms with Crippen LogP contribution in [-0.2, 0) is 11.3 Å². The summed E-state index contributed by atoms with van der Waals surface area (Å²) in [5, 5.41) is 3.23. The summed E-state index contributed by atoms with van der Waals surface area (Å²) in [6.45, 7) is 0.988. The minimum Gasteiger partial charge on any atom is -0.405 e. The van der Waals surface area contributed by atoms with Crippen LogP contribution in [0.3, 0.4) is 0 Å². The number of nitrogens with zero attached hydrogens (tertiary/aromatic N) is 1. The molecule has 0 aliphatic carbocycles. The van der Waals surface area contributed by atoms with Crippen molar-refractivity contribution in [2.75, 3.05) is 13.6 Å². The van der Waals surface area contributed by atoms with E-state index in [1.807, 2.05) is 0 Å². The quantitative estimate of drug-likeness (QED) is 0.885. The van der Waals surface area contributed by atoms with Crippen molar-refractivity contribution < 1.29 is 22.7 Å². The summed E-state index contributed by atoms with van der Waals surface area (Å²) in [7, 11) is 1.58. The molecule has 1 unspecified atom stereocenters. The zero-order valence-corrected chi connectivity index (χ0v) is 13.5. The lowest BCUT2D eigenvalue weighted by Crippen LogP contribution is -2.33. The Bertz CT molecular complexity index is 520. The van der Waals surface area contributed by atoms with Crippen molar-refractivity contribution in [3.63, 3.8) is 0 Å². The van der Waals surface area contributed by atoms with Gasteiger partial charge in [-0.15, -0.1) is 25.6 Å². The third-order valence-electron chi connectivity index (χ3n) is 3.61. The maximum absolute atomic E-state index is 12.4. The van der Waals surface area contributed by atoms with E-state index in [1.54, 1.807) is 13.1 Å². The van der Waals surface area contributed by atoms with Gasteiger partial charge >= 0.3 is 6.36 Å². The van der Waals surface area contributed by atoms with Crippen LogP contribution in [0.4, 0.5) is 13.2 Å². The third-order valence-corrected chi connectivity index (χ3v) is 3.61. The van der Waals surface area contributed by atoms with Gasteiger partial charge < -0.3 is 15.0 Å². The van der Waals surface area contributed by atoms with E-state index in [4.69, 9.17) is 0 Å². The van der Waals surface area contributed by atoms with Crippen LogP contribution in [0.5, 0.6) is 5.75 Å². The van der Waals surface area contributed by atoms with Gasteiger partial charge in [-0.05, 0) is 25.5 Å². The van der Waals surface area contributed by atoms with Gasteiger partial charge in [-0.25, -0.2) is 0 Å². The number of para-hydroxylation sites is 1. The largest absolute Gasteiger partial charge is 0.573 e. The Hall–Kier alpha value is -1.47. The number of nitrogens with one attached hydrogen (secondary N) is 1. The first-order valence-electron chi connectivity index (χ1n) is 7.16. The first-order chi connectivity index (χ1) is 10.3. The molecule has 8 heteroatoms. The number of carbonyl (C=O) groups is 1. The number of carbonyl (C=O) groups excluding carboxylic acids is 1. The molecule has 0 aromatic heterocycles. The predicted molar refractivity (Wildman–Crippen MR) is 82.5 cm³/mol. The third kappa shape index (κ3) is 6.27. The molecule has 23 heavy (non-hydrogen) atoms. The lowest BCUT2D eigenvalue weighted by atomic mass is 10.1. The second-order valence-electron chi connectivity index (χ2n) is 5.40. The molecule has 1 N–H and O–H groups in total. The van der Waals surface area contributed by atoms with Gasteiger partial charge in [0.2, 0.25) is 5.91 Å². The Kier molecular flexibility index (Phi) is 7.15. The van der Waals surface area contributed by atoms with Crippen molar-refractivity contribution in [2.24, 2.45) is 0 Å². The van der Waals surface area contributed by atoms with E-state index in [2.05, 4.69) is 10.1 Å². The summed E-state index contributed by atoms with van der Waals surface area (Å²) < 4.78 is 41.1. The van der Waals surface area contributed by atoms with Crippen molar-refractivity contribution in [1.29, 1.82) is 0 Å². The van der Waals surface area contributed by atoms with Crippen LogP contribution in [0.15, 0.2) is 24.3 Å². The zero-order chi connectivity index (χ0) is 16.2. The molecule has 0 radical (unpaired) electrons. The summed E-state index contributed by atoms with van der Waals surface area (Å²) in [5.74, 6) is -0.366. The molecule has 1 heterocycles. The molecule has 0 spiro atoms. The highest BCUT2D eigenvalue weighted by Crippen LogP contribution is 2.27. The molecular weight excluding hydrogens is 333 g/mol. The average molecular weight is 353 g/mol. The number of amides is 1. The smallest absolute Gasteiger partial charge is 0.405 e. The maximum Gasteiger partial charge on any atom is 0.573 e. The highest BCUT2D eigenvalue weighted by Gasteiger charge is 2.32. The van der Waals surface area contributed by atoms with Crippen molar-refractivity contribution in [3.05, 3.63) is 29.8 Å². The first-order valence-corrected chi connectivity index (χ1v) is 7.16. The lowest BCUT2D eigenvalue weighted by Gasteiger charge is -2.21. The van der Waals surface area contributed by atoms with Crippen LogP contribution >= 0.6 is 12.4 Å². The molecule has 0 bridgehead atoms. The molecule has 1 atom stereocenters. The van der Waals surface area contributed by atoms with Gasteiger partial charge in [-0.3, -0.25) is 4.79 Å². The molecule has 1 fully saturated rings. The minimum atomic E-state index is -4.74. The van der Waals surface area contributed by atoms with Gasteiger partial charge in [-0.2, -0.15) is 0 Å². The molecule has 1 aromatic rings. The van der Waals surface area contributed by atoms with Crippen molar-refractivity contribution >= 4 is 18.3 Å². The Morgan fingerprint density at radius 3 is 2.70 bits per heavy atom. The van der Waals surface area contributed by atoms with Crippen molar-refractivity contribution in [1.82, 2.24) is 10.2 Å². The number of rotatable bonds is 5. The van der Waals surface area contributed by atoms with E-state index >= 15 is 0 Å². The van der Waals surface area contributed by atoms with E-state index in [0.717, 1.165) is 19.4 Å². The van der Waals surface area contributed by atoms with Crippen LogP contribution in [-0.4, -0.2) is 36.8 Å². The monoisotopic (exact) mass is 352 g/mol. The van der Waals surface area contributed by atoms with Crippen LogP contribution < -0.4 is 10.1 Å². The number of alkyl halides is 3. The molecule has 1 aromatic carbocycles. The molecular formula is C15H20ClF3N2O2. The summed E-state index contributed by atoms with van der Waals surface area (Å²) in [4.78, 5) is 13.6. The van der Waals surface area contributed by atoms with Crippen LogP contribution in [0.1, 0.15) is 24.8 Å². The van der Waals surface area contributed by atoms with E-state index in [1.165, 1.54) is 23.1 Å². The van der Waals surface area contributed by atoms with Crippen LogP contribution in [0.25, 0.3) is 0 Å².